The van der Waals surface area contributed by atoms with Crippen LogP contribution >= 0.6 is 0 Å². The second kappa shape index (κ2) is 5.65. The lowest BCUT2D eigenvalue weighted by Crippen LogP contribution is -2.48. The molecule has 1 amide bonds. The van der Waals surface area contributed by atoms with E-state index in [1.807, 2.05) is 6.92 Å². The Balaban J connectivity index is 1.63. The lowest BCUT2D eigenvalue weighted by molar-refractivity contribution is -0.124. The van der Waals surface area contributed by atoms with Gasteiger partial charge in [-0.15, -0.1) is 0 Å². The van der Waals surface area contributed by atoms with Gasteiger partial charge in [-0.3, -0.25) is 10.1 Å². The van der Waals surface area contributed by atoms with Crippen LogP contribution in [0.3, 0.4) is 0 Å². The molecule has 1 aromatic heterocycles. The Morgan fingerprint density at radius 2 is 2.19 bits per heavy atom. The lowest BCUT2D eigenvalue weighted by atomic mass is 10.0. The largest absolute Gasteiger partial charge is 0.348 e. The smallest absolute Gasteiger partial charge is 0.238 e. The van der Waals surface area contributed by atoms with Gasteiger partial charge >= 0.3 is 0 Å². The summed E-state index contributed by atoms with van der Waals surface area (Å²) < 4.78 is 12.9. The van der Waals surface area contributed by atoms with Gasteiger partial charge in [0.1, 0.15) is 5.82 Å². The molecule has 1 aromatic carbocycles. The molecule has 21 heavy (non-hydrogen) atoms. The van der Waals surface area contributed by atoms with Crippen molar-refractivity contribution in [3.63, 3.8) is 0 Å². The van der Waals surface area contributed by atoms with Gasteiger partial charge in [0, 0.05) is 13.0 Å². The van der Waals surface area contributed by atoms with E-state index < -0.39 is 0 Å². The van der Waals surface area contributed by atoms with Crippen molar-refractivity contribution < 1.29 is 9.18 Å². The second-order valence-electron chi connectivity index (χ2n) is 5.25. The van der Waals surface area contributed by atoms with Crippen molar-refractivity contribution in [1.29, 1.82) is 0 Å². The van der Waals surface area contributed by atoms with Gasteiger partial charge in [0.15, 0.2) is 0 Å². The number of nitrogens with zero attached hydrogens (tertiary/aromatic N) is 1. The van der Waals surface area contributed by atoms with Gasteiger partial charge < -0.3 is 10.3 Å². The molecule has 0 spiro atoms. The number of fused-ring (bicyclic) bond motifs is 1. The minimum Gasteiger partial charge on any atom is -0.348 e. The zero-order valence-corrected chi connectivity index (χ0v) is 11.7. The van der Waals surface area contributed by atoms with E-state index in [2.05, 4.69) is 20.6 Å². The number of hydrogen-bond acceptors (Lipinski definition) is 3. The summed E-state index contributed by atoms with van der Waals surface area (Å²) in [5.74, 6) is -0.349. The number of imidazole rings is 1. The molecular formula is C15H17FN4O. The molecule has 1 aliphatic heterocycles. The Bertz CT molecular complexity index is 637. The molecular weight excluding hydrogens is 271 g/mol. The van der Waals surface area contributed by atoms with Crippen LogP contribution in [0.15, 0.2) is 30.6 Å². The number of rotatable bonds is 3. The van der Waals surface area contributed by atoms with Crippen molar-refractivity contribution in [2.75, 3.05) is 0 Å². The Kier molecular flexibility index (Phi) is 3.70. The van der Waals surface area contributed by atoms with E-state index in [-0.39, 0.29) is 23.8 Å². The number of carbonyl (C=O) groups excluding carboxylic acids is 1. The predicted octanol–water partition coefficient (Wildman–Crippen LogP) is 1.44. The SMILES string of the molecule is CC(NC(=O)C1Cc2nc[nH]c2CN1)c1ccc(F)cc1. The molecule has 110 valence electrons. The highest BCUT2D eigenvalue weighted by Gasteiger charge is 2.26. The minimum absolute atomic E-state index is 0.0690. The lowest BCUT2D eigenvalue weighted by Gasteiger charge is -2.24. The number of carbonyl (C=O) groups is 1. The number of halogens is 1. The average Bonchev–Trinajstić information content (AvgIpc) is 2.95. The van der Waals surface area contributed by atoms with Crippen LogP contribution in [0.4, 0.5) is 4.39 Å². The van der Waals surface area contributed by atoms with Crippen LogP contribution in [-0.4, -0.2) is 21.9 Å². The summed E-state index contributed by atoms with van der Waals surface area (Å²) in [4.78, 5) is 19.6. The van der Waals surface area contributed by atoms with Crippen molar-refractivity contribution >= 4 is 5.91 Å². The van der Waals surface area contributed by atoms with E-state index >= 15 is 0 Å². The summed E-state index contributed by atoms with van der Waals surface area (Å²) in [6, 6.07) is 5.70. The highest BCUT2D eigenvalue weighted by atomic mass is 19.1. The molecule has 3 N–H and O–H groups in total. The number of aromatic nitrogens is 2. The molecule has 3 rings (SSSR count). The molecule has 0 bridgehead atoms. The van der Waals surface area contributed by atoms with Crippen LogP contribution in [0.2, 0.25) is 0 Å². The molecule has 0 radical (unpaired) electrons. The molecule has 5 nitrogen and oxygen atoms in total. The van der Waals surface area contributed by atoms with E-state index in [0.29, 0.717) is 13.0 Å². The highest BCUT2D eigenvalue weighted by molar-refractivity contribution is 5.82. The minimum atomic E-state index is -0.288. The zero-order chi connectivity index (χ0) is 14.8. The fraction of sp³-hybridized carbons (Fsp3) is 0.333. The Hall–Kier alpha value is -2.21. The quantitative estimate of drug-likeness (QED) is 0.800. The monoisotopic (exact) mass is 288 g/mol. The zero-order valence-electron chi connectivity index (χ0n) is 11.7. The number of amides is 1. The van der Waals surface area contributed by atoms with E-state index in [1.165, 1.54) is 12.1 Å². The van der Waals surface area contributed by atoms with Crippen molar-refractivity contribution in [3.8, 4) is 0 Å². The second-order valence-corrected chi connectivity index (χ2v) is 5.25. The molecule has 2 aromatic rings. The first-order valence-corrected chi connectivity index (χ1v) is 6.94. The van der Waals surface area contributed by atoms with E-state index in [9.17, 15) is 9.18 Å². The number of benzene rings is 1. The molecule has 2 heterocycles. The third-order valence-corrected chi connectivity index (χ3v) is 3.78. The highest BCUT2D eigenvalue weighted by Crippen LogP contribution is 2.15. The molecule has 6 heteroatoms. The number of H-pyrrole nitrogens is 1. The first-order chi connectivity index (χ1) is 10.1. The van der Waals surface area contributed by atoms with Crippen LogP contribution < -0.4 is 10.6 Å². The summed E-state index contributed by atoms with van der Waals surface area (Å²) in [5, 5.41) is 6.13. The average molecular weight is 288 g/mol. The normalized spacial score (nSPS) is 18.9. The Labute approximate surface area is 122 Å². The Morgan fingerprint density at radius 1 is 1.43 bits per heavy atom. The van der Waals surface area contributed by atoms with Crippen LogP contribution in [0, 0.1) is 5.82 Å². The van der Waals surface area contributed by atoms with Crippen LogP contribution in [0.25, 0.3) is 0 Å². The Morgan fingerprint density at radius 3 is 2.95 bits per heavy atom. The predicted molar refractivity (Wildman–Crippen MR) is 75.9 cm³/mol. The van der Waals surface area contributed by atoms with Gasteiger partial charge in [0.25, 0.3) is 0 Å². The molecule has 0 saturated carbocycles. The van der Waals surface area contributed by atoms with Crippen LogP contribution in [-0.2, 0) is 17.8 Å². The maximum atomic E-state index is 12.9. The maximum absolute atomic E-state index is 12.9. The maximum Gasteiger partial charge on any atom is 0.238 e. The van der Waals surface area contributed by atoms with Crippen molar-refractivity contribution in [3.05, 3.63) is 53.4 Å². The standard InChI is InChI=1S/C15H17FN4O/c1-9(10-2-4-11(16)5-3-10)20-15(21)13-6-12-14(7-17-13)19-8-18-12/h2-5,8-9,13,17H,6-7H2,1H3,(H,18,19)(H,20,21). The molecule has 0 saturated heterocycles. The molecule has 2 atom stereocenters. The van der Waals surface area contributed by atoms with E-state index in [4.69, 9.17) is 0 Å². The first kappa shape index (κ1) is 13.8. The number of hydrogen-bond donors (Lipinski definition) is 3. The summed E-state index contributed by atoms with van der Waals surface area (Å²) >= 11 is 0. The molecule has 2 unspecified atom stereocenters. The number of nitrogens with one attached hydrogen (secondary N) is 3. The summed E-state index contributed by atoms with van der Waals surface area (Å²) in [6.07, 6.45) is 2.22. The van der Waals surface area contributed by atoms with Crippen molar-refractivity contribution in [2.24, 2.45) is 0 Å². The third kappa shape index (κ3) is 2.95. The van der Waals surface area contributed by atoms with Gasteiger partial charge in [-0.1, -0.05) is 12.1 Å². The molecule has 0 aliphatic carbocycles. The van der Waals surface area contributed by atoms with Gasteiger partial charge in [-0.25, -0.2) is 9.37 Å². The number of aromatic amines is 1. The fourth-order valence-electron chi connectivity index (χ4n) is 2.50. The van der Waals surface area contributed by atoms with Gasteiger partial charge in [0.05, 0.1) is 29.8 Å². The first-order valence-electron chi connectivity index (χ1n) is 6.94. The van der Waals surface area contributed by atoms with Crippen molar-refractivity contribution in [2.45, 2.75) is 32.0 Å². The van der Waals surface area contributed by atoms with Gasteiger partial charge in [-0.05, 0) is 24.6 Å². The van der Waals surface area contributed by atoms with E-state index in [1.54, 1.807) is 18.5 Å². The van der Waals surface area contributed by atoms with Gasteiger partial charge in [0.2, 0.25) is 5.91 Å². The van der Waals surface area contributed by atoms with E-state index in [0.717, 1.165) is 17.0 Å². The summed E-state index contributed by atoms with van der Waals surface area (Å²) in [7, 11) is 0. The van der Waals surface area contributed by atoms with Crippen LogP contribution in [0.1, 0.15) is 29.9 Å². The summed E-state index contributed by atoms with van der Waals surface area (Å²) in [5.41, 5.74) is 2.84. The summed E-state index contributed by atoms with van der Waals surface area (Å²) in [6.45, 7) is 2.49. The topological polar surface area (TPSA) is 69.8 Å². The van der Waals surface area contributed by atoms with Crippen LogP contribution in [0.5, 0.6) is 0 Å². The fourth-order valence-corrected chi connectivity index (χ4v) is 2.50. The van der Waals surface area contributed by atoms with Gasteiger partial charge in [-0.2, -0.15) is 0 Å². The molecule has 1 aliphatic rings. The van der Waals surface area contributed by atoms with Crippen molar-refractivity contribution in [1.82, 2.24) is 20.6 Å². The molecule has 0 fully saturated rings. The third-order valence-electron chi connectivity index (χ3n) is 3.78.